The second-order valence-corrected chi connectivity index (χ2v) is 7.90. The van der Waals surface area contributed by atoms with Gasteiger partial charge in [0.1, 0.15) is 11.4 Å². The van der Waals surface area contributed by atoms with Crippen molar-refractivity contribution in [3.05, 3.63) is 72.7 Å². The van der Waals surface area contributed by atoms with Crippen molar-refractivity contribution >= 4 is 34.4 Å². The average Bonchev–Trinajstić information content (AvgIpc) is 3.22. The number of hydrogen-bond acceptors (Lipinski definition) is 6. The normalized spacial score (nSPS) is 10.9. The van der Waals surface area contributed by atoms with Crippen LogP contribution in [0.2, 0.25) is 0 Å². The van der Waals surface area contributed by atoms with Crippen LogP contribution in [-0.4, -0.2) is 45.5 Å². The maximum Gasteiger partial charge on any atom is 0.230 e. The number of amides is 1. The lowest BCUT2D eigenvalue weighted by molar-refractivity contribution is -0.118. The molecule has 0 unspecified atom stereocenters. The molecule has 0 radical (unpaired) electrons. The third-order valence-electron chi connectivity index (χ3n) is 4.61. The van der Waals surface area contributed by atoms with Crippen LogP contribution in [0.5, 0.6) is 0 Å². The molecule has 2 aromatic heterocycles. The molecule has 7 nitrogen and oxygen atoms in total. The first-order valence-electron chi connectivity index (χ1n) is 9.52. The van der Waals surface area contributed by atoms with Crippen molar-refractivity contribution in [1.82, 2.24) is 25.1 Å². The quantitative estimate of drug-likeness (QED) is 0.367. The fourth-order valence-corrected chi connectivity index (χ4v) is 3.78. The lowest BCUT2D eigenvalue weighted by Crippen LogP contribution is -2.24. The standard InChI is InChI=1S/C22H22N6OS/c1-27(2)17-10-8-16(9-11-17)12-23-20(29)14-30-22-19-13-26-28(21(19)24-15-25-22)18-6-4-3-5-7-18/h3-11,13,15H,12,14H2,1-2H3,(H,23,29). The first-order valence-corrected chi connectivity index (χ1v) is 10.5. The fraction of sp³-hybridized carbons (Fsp3) is 0.182. The van der Waals surface area contributed by atoms with Gasteiger partial charge in [0, 0.05) is 26.3 Å². The summed E-state index contributed by atoms with van der Waals surface area (Å²) in [5, 5.41) is 8.98. The summed E-state index contributed by atoms with van der Waals surface area (Å²) in [4.78, 5) is 23.1. The molecule has 8 heteroatoms. The molecular formula is C22H22N6OS. The summed E-state index contributed by atoms with van der Waals surface area (Å²) in [5.41, 5.74) is 3.84. The summed E-state index contributed by atoms with van der Waals surface area (Å²) in [7, 11) is 4.00. The summed E-state index contributed by atoms with van der Waals surface area (Å²) in [6, 6.07) is 17.9. The van der Waals surface area contributed by atoms with Crippen molar-refractivity contribution in [2.75, 3.05) is 24.7 Å². The topological polar surface area (TPSA) is 75.9 Å². The molecule has 2 aromatic carbocycles. The Hall–Kier alpha value is -3.39. The van der Waals surface area contributed by atoms with E-state index in [1.165, 1.54) is 18.1 Å². The van der Waals surface area contributed by atoms with E-state index in [0.717, 1.165) is 33.0 Å². The summed E-state index contributed by atoms with van der Waals surface area (Å²) >= 11 is 1.38. The second kappa shape index (κ2) is 8.96. The molecule has 4 aromatic rings. The number of carbonyl (C=O) groups excluding carboxylic acids is 1. The van der Waals surface area contributed by atoms with Crippen molar-refractivity contribution < 1.29 is 4.79 Å². The minimum atomic E-state index is -0.0427. The Morgan fingerprint density at radius 1 is 1.07 bits per heavy atom. The summed E-state index contributed by atoms with van der Waals surface area (Å²) < 4.78 is 1.78. The highest BCUT2D eigenvalue weighted by Gasteiger charge is 2.13. The number of aromatic nitrogens is 4. The third kappa shape index (κ3) is 4.44. The molecule has 4 rings (SSSR count). The van der Waals surface area contributed by atoms with Gasteiger partial charge in [-0.05, 0) is 29.8 Å². The Bertz CT molecular complexity index is 1140. The Morgan fingerprint density at radius 2 is 1.83 bits per heavy atom. The molecule has 0 aliphatic heterocycles. The number of benzene rings is 2. The van der Waals surface area contributed by atoms with Gasteiger partial charge in [-0.25, -0.2) is 14.6 Å². The highest BCUT2D eigenvalue weighted by Crippen LogP contribution is 2.25. The van der Waals surface area contributed by atoms with E-state index in [0.29, 0.717) is 6.54 Å². The molecular weight excluding hydrogens is 396 g/mol. The van der Waals surface area contributed by atoms with E-state index in [9.17, 15) is 4.79 Å². The minimum absolute atomic E-state index is 0.0427. The highest BCUT2D eigenvalue weighted by atomic mass is 32.2. The van der Waals surface area contributed by atoms with Crippen molar-refractivity contribution in [2.24, 2.45) is 0 Å². The van der Waals surface area contributed by atoms with Gasteiger partial charge in [-0.3, -0.25) is 4.79 Å². The number of anilines is 1. The van der Waals surface area contributed by atoms with E-state index in [1.807, 2.05) is 73.6 Å². The maximum atomic E-state index is 12.3. The number of nitrogens with one attached hydrogen (secondary N) is 1. The molecule has 0 atom stereocenters. The van der Waals surface area contributed by atoms with Crippen molar-refractivity contribution in [3.8, 4) is 5.69 Å². The number of thioether (sulfide) groups is 1. The molecule has 1 amide bonds. The number of carbonyl (C=O) groups is 1. The fourth-order valence-electron chi connectivity index (χ4n) is 2.99. The van der Waals surface area contributed by atoms with Gasteiger partial charge in [0.2, 0.25) is 5.91 Å². The molecule has 0 fully saturated rings. The monoisotopic (exact) mass is 418 g/mol. The van der Waals surface area contributed by atoms with Crippen LogP contribution in [0.25, 0.3) is 16.7 Å². The largest absolute Gasteiger partial charge is 0.378 e. The molecule has 0 aliphatic rings. The maximum absolute atomic E-state index is 12.3. The van der Waals surface area contributed by atoms with Gasteiger partial charge in [-0.1, -0.05) is 42.1 Å². The summed E-state index contributed by atoms with van der Waals surface area (Å²) in [6.45, 7) is 0.498. The third-order valence-corrected chi connectivity index (χ3v) is 5.62. The number of nitrogens with zero attached hydrogens (tertiary/aromatic N) is 5. The first-order chi connectivity index (χ1) is 14.6. The van der Waals surface area contributed by atoms with Crippen LogP contribution >= 0.6 is 11.8 Å². The Kier molecular flexibility index (Phi) is 5.94. The van der Waals surface area contributed by atoms with Crippen molar-refractivity contribution in [2.45, 2.75) is 11.6 Å². The van der Waals surface area contributed by atoms with Crippen LogP contribution in [0.3, 0.4) is 0 Å². The van der Waals surface area contributed by atoms with Crippen LogP contribution in [0.4, 0.5) is 5.69 Å². The molecule has 0 spiro atoms. The number of para-hydroxylation sites is 1. The Labute approximate surface area is 179 Å². The lowest BCUT2D eigenvalue weighted by atomic mass is 10.2. The van der Waals surface area contributed by atoms with Crippen LogP contribution in [-0.2, 0) is 11.3 Å². The average molecular weight is 419 g/mol. The van der Waals surface area contributed by atoms with E-state index in [4.69, 9.17) is 0 Å². The number of hydrogen-bond donors (Lipinski definition) is 1. The molecule has 0 aliphatic carbocycles. The molecule has 30 heavy (non-hydrogen) atoms. The SMILES string of the molecule is CN(C)c1ccc(CNC(=O)CSc2ncnc3c2cnn3-c2ccccc2)cc1. The van der Waals surface area contributed by atoms with Gasteiger partial charge >= 0.3 is 0 Å². The Morgan fingerprint density at radius 3 is 2.57 bits per heavy atom. The zero-order valence-electron chi connectivity index (χ0n) is 16.8. The molecule has 1 N–H and O–H groups in total. The molecule has 0 saturated carbocycles. The van der Waals surface area contributed by atoms with Gasteiger partial charge in [0.05, 0.1) is 23.0 Å². The number of fused-ring (bicyclic) bond motifs is 1. The number of rotatable bonds is 7. The molecule has 0 saturated heterocycles. The predicted octanol–water partition coefficient (Wildman–Crippen LogP) is 3.29. The zero-order chi connectivity index (χ0) is 20.9. The van der Waals surface area contributed by atoms with Crippen LogP contribution < -0.4 is 10.2 Å². The van der Waals surface area contributed by atoms with Gasteiger partial charge in [0.25, 0.3) is 0 Å². The van der Waals surface area contributed by atoms with Crippen molar-refractivity contribution in [1.29, 1.82) is 0 Å². The Balaban J connectivity index is 1.39. The van der Waals surface area contributed by atoms with E-state index >= 15 is 0 Å². The smallest absolute Gasteiger partial charge is 0.230 e. The van der Waals surface area contributed by atoms with Crippen molar-refractivity contribution in [3.63, 3.8) is 0 Å². The van der Waals surface area contributed by atoms with Gasteiger partial charge < -0.3 is 10.2 Å². The van der Waals surface area contributed by atoms with E-state index < -0.39 is 0 Å². The van der Waals surface area contributed by atoms with Crippen LogP contribution in [0.15, 0.2) is 72.1 Å². The van der Waals surface area contributed by atoms with E-state index in [-0.39, 0.29) is 11.7 Å². The zero-order valence-corrected chi connectivity index (χ0v) is 17.6. The highest BCUT2D eigenvalue weighted by molar-refractivity contribution is 8.00. The van der Waals surface area contributed by atoms with E-state index in [1.54, 1.807) is 10.9 Å². The minimum Gasteiger partial charge on any atom is -0.378 e. The van der Waals surface area contributed by atoms with Gasteiger partial charge in [-0.2, -0.15) is 5.10 Å². The van der Waals surface area contributed by atoms with E-state index in [2.05, 4.69) is 20.4 Å². The van der Waals surface area contributed by atoms with Gasteiger partial charge in [0.15, 0.2) is 5.65 Å². The molecule has 0 bridgehead atoms. The van der Waals surface area contributed by atoms with Crippen LogP contribution in [0, 0.1) is 0 Å². The summed E-state index contributed by atoms with van der Waals surface area (Å²) in [6.07, 6.45) is 3.25. The molecule has 152 valence electrons. The second-order valence-electron chi connectivity index (χ2n) is 6.93. The predicted molar refractivity (Wildman–Crippen MR) is 120 cm³/mol. The summed E-state index contributed by atoms with van der Waals surface area (Å²) in [5.74, 6) is 0.234. The van der Waals surface area contributed by atoms with Gasteiger partial charge in [-0.15, -0.1) is 0 Å². The lowest BCUT2D eigenvalue weighted by Gasteiger charge is -2.13. The first kappa shape index (κ1) is 19.9. The molecule has 2 heterocycles. The van der Waals surface area contributed by atoms with Crippen LogP contribution in [0.1, 0.15) is 5.56 Å².